The lowest BCUT2D eigenvalue weighted by molar-refractivity contribution is 0.159. The van der Waals surface area contributed by atoms with Crippen molar-refractivity contribution in [2.75, 3.05) is 7.05 Å². The zero-order chi connectivity index (χ0) is 15.3. The normalized spacial score (nSPS) is 22.5. The molecule has 1 aromatic carbocycles. The summed E-state index contributed by atoms with van der Waals surface area (Å²) in [5.74, 6) is 0.488. The van der Waals surface area contributed by atoms with Crippen LogP contribution in [-0.2, 0) is 20.1 Å². The van der Waals surface area contributed by atoms with Crippen LogP contribution in [0.2, 0.25) is 0 Å². The number of hydrogen-bond donors (Lipinski definition) is 0. The lowest BCUT2D eigenvalue weighted by atomic mass is 10.1. The third kappa shape index (κ3) is 2.08. The third-order valence-electron chi connectivity index (χ3n) is 4.90. The number of rotatable bonds is 2. The van der Waals surface area contributed by atoms with E-state index in [1.54, 1.807) is 0 Å². The highest BCUT2D eigenvalue weighted by Gasteiger charge is 2.44. The van der Waals surface area contributed by atoms with Crippen LogP contribution in [0.4, 0.5) is 4.79 Å². The molecule has 0 saturated heterocycles. The molecule has 0 unspecified atom stereocenters. The van der Waals surface area contributed by atoms with Gasteiger partial charge in [-0.15, -0.1) is 0 Å². The summed E-state index contributed by atoms with van der Waals surface area (Å²) in [7, 11) is 3.86. The van der Waals surface area contributed by atoms with E-state index in [4.69, 9.17) is 0 Å². The number of carbonyl (C=O) groups is 1. The minimum atomic E-state index is 0.125. The first kappa shape index (κ1) is 13.4. The predicted octanol–water partition coefficient (Wildman–Crippen LogP) is 2.34. The summed E-state index contributed by atoms with van der Waals surface area (Å²) in [5, 5.41) is 4.24. The second kappa shape index (κ2) is 4.87. The quantitative estimate of drug-likeness (QED) is 0.853. The van der Waals surface area contributed by atoms with Crippen LogP contribution in [-0.4, -0.2) is 38.7 Å². The Hall–Kier alpha value is -2.30. The van der Waals surface area contributed by atoms with Crippen molar-refractivity contribution in [3.8, 4) is 0 Å². The lowest BCUT2D eigenvalue weighted by Gasteiger charge is -2.25. The van der Waals surface area contributed by atoms with Gasteiger partial charge < -0.3 is 9.80 Å². The summed E-state index contributed by atoms with van der Waals surface area (Å²) in [6.45, 7) is 1.34. The maximum Gasteiger partial charge on any atom is 0.320 e. The monoisotopic (exact) mass is 296 g/mol. The molecule has 5 heteroatoms. The SMILES string of the molecule is CN(C(=O)N1Cc2cnn(C)c2C1)[C@@H]1C[C@H]1c1ccccc1. The summed E-state index contributed by atoms with van der Waals surface area (Å²) >= 11 is 0. The highest BCUT2D eigenvalue weighted by molar-refractivity contribution is 5.76. The number of hydrogen-bond acceptors (Lipinski definition) is 2. The Morgan fingerprint density at radius 3 is 2.77 bits per heavy atom. The maximum atomic E-state index is 12.7. The van der Waals surface area contributed by atoms with E-state index >= 15 is 0 Å². The van der Waals surface area contributed by atoms with Gasteiger partial charge in [-0.2, -0.15) is 5.10 Å². The van der Waals surface area contributed by atoms with Crippen LogP contribution in [0.25, 0.3) is 0 Å². The molecule has 2 amide bonds. The fraction of sp³-hybridized carbons (Fsp3) is 0.412. The highest BCUT2D eigenvalue weighted by atomic mass is 16.2. The van der Waals surface area contributed by atoms with E-state index in [9.17, 15) is 4.79 Å². The van der Waals surface area contributed by atoms with Gasteiger partial charge in [-0.3, -0.25) is 4.68 Å². The van der Waals surface area contributed by atoms with Crippen LogP contribution in [0, 0.1) is 0 Å². The second-order valence-corrected chi connectivity index (χ2v) is 6.31. The largest absolute Gasteiger partial charge is 0.324 e. The Kier molecular flexibility index (Phi) is 2.96. The van der Waals surface area contributed by atoms with E-state index < -0.39 is 0 Å². The van der Waals surface area contributed by atoms with E-state index in [1.807, 2.05) is 40.8 Å². The molecule has 2 aromatic rings. The Morgan fingerprint density at radius 2 is 2.05 bits per heavy atom. The molecule has 1 fully saturated rings. The molecule has 0 spiro atoms. The van der Waals surface area contributed by atoms with Crippen LogP contribution in [0.3, 0.4) is 0 Å². The zero-order valence-electron chi connectivity index (χ0n) is 12.9. The van der Waals surface area contributed by atoms with Gasteiger partial charge in [0.25, 0.3) is 0 Å². The van der Waals surface area contributed by atoms with E-state index in [-0.39, 0.29) is 6.03 Å². The predicted molar refractivity (Wildman–Crippen MR) is 83.2 cm³/mol. The lowest BCUT2D eigenvalue weighted by Crippen LogP contribution is -2.40. The van der Waals surface area contributed by atoms with Gasteiger partial charge in [-0.25, -0.2) is 4.79 Å². The molecule has 1 saturated carbocycles. The molecular formula is C17H20N4O. The number of likely N-dealkylation sites (N-methyl/N-ethyl adjacent to an activating group) is 1. The molecule has 0 bridgehead atoms. The summed E-state index contributed by atoms with van der Waals surface area (Å²) in [4.78, 5) is 16.5. The minimum Gasteiger partial charge on any atom is -0.324 e. The summed E-state index contributed by atoms with van der Waals surface area (Å²) < 4.78 is 1.87. The second-order valence-electron chi connectivity index (χ2n) is 6.31. The van der Waals surface area contributed by atoms with Crippen LogP contribution in [0.1, 0.15) is 29.2 Å². The van der Waals surface area contributed by atoms with Crippen molar-refractivity contribution in [2.45, 2.75) is 31.5 Å². The molecule has 0 radical (unpaired) electrons. The standard InChI is InChI=1S/C17H20N4O/c1-19(15-8-14(15)12-6-4-3-5-7-12)17(22)21-10-13-9-18-20(2)16(13)11-21/h3-7,9,14-15H,8,10-11H2,1-2H3/t14-,15+/m0/s1. The van der Waals surface area contributed by atoms with Crippen molar-refractivity contribution in [1.82, 2.24) is 19.6 Å². The topological polar surface area (TPSA) is 41.4 Å². The number of amides is 2. The molecule has 1 aliphatic heterocycles. The molecule has 1 aliphatic carbocycles. The molecular weight excluding hydrogens is 276 g/mol. The van der Waals surface area contributed by atoms with Gasteiger partial charge in [0.05, 0.1) is 25.0 Å². The smallest absolute Gasteiger partial charge is 0.320 e. The van der Waals surface area contributed by atoms with Crippen molar-refractivity contribution in [3.63, 3.8) is 0 Å². The number of nitrogens with zero attached hydrogens (tertiary/aromatic N) is 4. The highest BCUT2D eigenvalue weighted by Crippen LogP contribution is 2.44. The van der Waals surface area contributed by atoms with Crippen molar-refractivity contribution < 1.29 is 4.79 Å². The van der Waals surface area contributed by atoms with Crippen molar-refractivity contribution in [3.05, 3.63) is 53.3 Å². The van der Waals surface area contributed by atoms with E-state index in [0.717, 1.165) is 12.1 Å². The fourth-order valence-electron chi connectivity index (χ4n) is 3.45. The third-order valence-corrected chi connectivity index (χ3v) is 4.90. The molecule has 1 aromatic heterocycles. The number of fused-ring (bicyclic) bond motifs is 1. The van der Waals surface area contributed by atoms with Gasteiger partial charge in [0.15, 0.2) is 0 Å². The fourth-order valence-corrected chi connectivity index (χ4v) is 3.45. The van der Waals surface area contributed by atoms with Gasteiger partial charge in [0, 0.05) is 31.6 Å². The van der Waals surface area contributed by atoms with Gasteiger partial charge in [-0.1, -0.05) is 30.3 Å². The first-order chi connectivity index (χ1) is 10.6. The Bertz CT molecular complexity index is 709. The van der Waals surface area contributed by atoms with Crippen molar-refractivity contribution >= 4 is 6.03 Å². The van der Waals surface area contributed by atoms with Crippen molar-refractivity contribution in [1.29, 1.82) is 0 Å². The Morgan fingerprint density at radius 1 is 1.27 bits per heavy atom. The maximum absolute atomic E-state index is 12.7. The Labute approximate surface area is 130 Å². The molecule has 2 atom stereocenters. The number of aryl methyl sites for hydroxylation is 1. The minimum absolute atomic E-state index is 0.125. The van der Waals surface area contributed by atoms with Crippen LogP contribution < -0.4 is 0 Å². The van der Waals surface area contributed by atoms with Crippen LogP contribution in [0.15, 0.2) is 36.5 Å². The van der Waals surface area contributed by atoms with E-state index in [2.05, 4.69) is 29.4 Å². The van der Waals surface area contributed by atoms with Gasteiger partial charge >= 0.3 is 6.03 Å². The average Bonchev–Trinajstić information content (AvgIpc) is 3.12. The van der Waals surface area contributed by atoms with E-state index in [0.29, 0.717) is 25.0 Å². The summed E-state index contributed by atoms with van der Waals surface area (Å²) in [6.07, 6.45) is 2.93. The van der Waals surface area contributed by atoms with Crippen LogP contribution in [0.5, 0.6) is 0 Å². The van der Waals surface area contributed by atoms with Crippen LogP contribution >= 0.6 is 0 Å². The summed E-state index contributed by atoms with van der Waals surface area (Å²) in [6, 6.07) is 10.9. The van der Waals surface area contributed by atoms with Gasteiger partial charge in [0.2, 0.25) is 0 Å². The molecule has 2 heterocycles. The van der Waals surface area contributed by atoms with E-state index in [1.165, 1.54) is 11.1 Å². The summed E-state index contributed by atoms with van der Waals surface area (Å²) in [5.41, 5.74) is 3.65. The molecule has 5 nitrogen and oxygen atoms in total. The molecule has 114 valence electrons. The van der Waals surface area contributed by atoms with Crippen molar-refractivity contribution in [2.24, 2.45) is 7.05 Å². The number of urea groups is 1. The van der Waals surface area contributed by atoms with Gasteiger partial charge in [0.1, 0.15) is 0 Å². The number of aromatic nitrogens is 2. The number of carbonyl (C=O) groups excluding carboxylic acids is 1. The molecule has 2 aliphatic rings. The number of benzene rings is 1. The first-order valence-corrected chi connectivity index (χ1v) is 7.71. The Balaban J connectivity index is 1.42. The first-order valence-electron chi connectivity index (χ1n) is 7.71. The van der Waals surface area contributed by atoms with Gasteiger partial charge in [-0.05, 0) is 12.0 Å². The molecule has 22 heavy (non-hydrogen) atoms. The molecule has 0 N–H and O–H groups in total. The zero-order valence-corrected chi connectivity index (χ0v) is 12.9. The average molecular weight is 296 g/mol. The molecule has 4 rings (SSSR count).